The third-order valence-corrected chi connectivity index (χ3v) is 4.22. The van der Waals surface area contributed by atoms with Crippen molar-refractivity contribution in [3.63, 3.8) is 0 Å². The van der Waals surface area contributed by atoms with Crippen LogP contribution in [0.4, 0.5) is 0 Å². The Bertz CT molecular complexity index is 480. The lowest BCUT2D eigenvalue weighted by Gasteiger charge is -2.29. The van der Waals surface area contributed by atoms with Crippen molar-refractivity contribution in [3.05, 3.63) is 23.8 Å². The second-order valence-corrected chi connectivity index (χ2v) is 5.68. The van der Waals surface area contributed by atoms with Crippen molar-refractivity contribution in [1.82, 2.24) is 0 Å². The number of nitrogen functional groups attached to an aromatic ring is 1. The fraction of sp³-hybridized carbons (Fsp3) is 0.588. The van der Waals surface area contributed by atoms with E-state index in [0.717, 1.165) is 24.5 Å². The van der Waals surface area contributed by atoms with Crippen LogP contribution in [0.25, 0.3) is 0 Å². The quantitative estimate of drug-likeness (QED) is 0.620. The van der Waals surface area contributed by atoms with E-state index >= 15 is 0 Å². The summed E-state index contributed by atoms with van der Waals surface area (Å²) in [5.74, 6) is 2.35. The first-order valence-electron chi connectivity index (χ1n) is 7.91. The van der Waals surface area contributed by atoms with E-state index in [-0.39, 0.29) is 11.9 Å². The Balaban J connectivity index is 2.06. The van der Waals surface area contributed by atoms with Crippen LogP contribution in [0.3, 0.4) is 0 Å². The Morgan fingerprint density at radius 1 is 1.19 bits per heavy atom. The minimum Gasteiger partial charge on any atom is -0.490 e. The third-order valence-electron chi connectivity index (χ3n) is 4.22. The predicted molar refractivity (Wildman–Crippen MR) is 85.3 cm³/mol. The molecule has 0 unspecified atom stereocenters. The smallest absolute Gasteiger partial charge is 0.161 e. The molecule has 0 radical (unpaired) electrons. The summed E-state index contributed by atoms with van der Waals surface area (Å²) >= 11 is 0. The number of nitrogens with two attached hydrogens (primary N) is 1. The molecule has 1 aliphatic carbocycles. The van der Waals surface area contributed by atoms with Crippen molar-refractivity contribution >= 4 is 5.84 Å². The van der Waals surface area contributed by atoms with Gasteiger partial charge in [0.1, 0.15) is 5.84 Å². The van der Waals surface area contributed by atoms with Crippen LogP contribution in [0.15, 0.2) is 18.2 Å². The van der Waals surface area contributed by atoms with Gasteiger partial charge in [-0.15, -0.1) is 0 Å². The Labute approximate surface area is 127 Å². The van der Waals surface area contributed by atoms with E-state index < -0.39 is 0 Å². The zero-order valence-corrected chi connectivity index (χ0v) is 13.0. The molecule has 21 heavy (non-hydrogen) atoms. The summed E-state index contributed by atoms with van der Waals surface area (Å²) < 4.78 is 11.8. The average Bonchev–Trinajstić information content (AvgIpc) is 2.50. The van der Waals surface area contributed by atoms with Gasteiger partial charge in [0.05, 0.1) is 12.7 Å². The highest BCUT2D eigenvalue weighted by Gasteiger charge is 2.22. The molecule has 0 atom stereocenters. The van der Waals surface area contributed by atoms with Crippen LogP contribution in [0.5, 0.6) is 11.5 Å². The van der Waals surface area contributed by atoms with E-state index in [1.165, 1.54) is 19.3 Å². The second-order valence-electron chi connectivity index (χ2n) is 5.68. The van der Waals surface area contributed by atoms with Gasteiger partial charge in [0, 0.05) is 5.56 Å². The molecule has 0 heterocycles. The molecule has 1 aromatic rings. The van der Waals surface area contributed by atoms with Crippen LogP contribution < -0.4 is 15.2 Å². The molecular weight excluding hydrogens is 264 g/mol. The molecular formula is C17H26N2O2. The zero-order valence-electron chi connectivity index (χ0n) is 13.0. The fourth-order valence-corrected chi connectivity index (χ4v) is 2.88. The lowest BCUT2D eigenvalue weighted by atomic mass is 9.86. The Morgan fingerprint density at radius 3 is 2.48 bits per heavy atom. The molecule has 0 spiro atoms. The van der Waals surface area contributed by atoms with Crippen LogP contribution in [-0.2, 0) is 0 Å². The molecule has 1 aliphatic rings. The molecule has 1 aromatic carbocycles. The Kier molecular flexibility index (Phi) is 5.48. The summed E-state index contributed by atoms with van der Waals surface area (Å²) in [7, 11) is 0. The first kappa shape index (κ1) is 15.7. The molecule has 0 aliphatic heterocycles. The number of rotatable bonds is 6. The molecule has 4 heteroatoms. The Hall–Kier alpha value is -1.71. The van der Waals surface area contributed by atoms with Gasteiger partial charge in [0.25, 0.3) is 0 Å². The largest absolute Gasteiger partial charge is 0.490 e. The molecule has 1 fully saturated rings. The van der Waals surface area contributed by atoms with E-state index in [1.807, 2.05) is 19.1 Å². The molecule has 0 aromatic heterocycles. The molecule has 1 saturated carbocycles. The first-order chi connectivity index (χ1) is 10.1. The third kappa shape index (κ3) is 4.13. The van der Waals surface area contributed by atoms with E-state index in [4.69, 9.17) is 20.6 Å². The van der Waals surface area contributed by atoms with Crippen molar-refractivity contribution in [3.8, 4) is 11.5 Å². The summed E-state index contributed by atoms with van der Waals surface area (Å²) in [5, 5.41) is 7.51. The van der Waals surface area contributed by atoms with Gasteiger partial charge in [0.2, 0.25) is 0 Å². The van der Waals surface area contributed by atoms with E-state index in [9.17, 15) is 0 Å². The van der Waals surface area contributed by atoms with Gasteiger partial charge in [-0.05, 0) is 56.7 Å². The minimum absolute atomic E-state index is 0.0472. The van der Waals surface area contributed by atoms with E-state index in [0.29, 0.717) is 17.9 Å². The zero-order chi connectivity index (χ0) is 15.2. The Morgan fingerprint density at radius 2 is 1.90 bits per heavy atom. The van der Waals surface area contributed by atoms with Gasteiger partial charge >= 0.3 is 0 Å². The van der Waals surface area contributed by atoms with Crippen LogP contribution in [0.1, 0.15) is 51.5 Å². The highest BCUT2D eigenvalue weighted by Crippen LogP contribution is 2.34. The van der Waals surface area contributed by atoms with Crippen LogP contribution in [-0.4, -0.2) is 18.5 Å². The first-order valence-corrected chi connectivity index (χ1v) is 7.91. The minimum atomic E-state index is 0.0472. The number of benzene rings is 1. The molecule has 0 saturated heterocycles. The number of nitrogens with one attached hydrogen (secondary N) is 1. The van der Waals surface area contributed by atoms with Crippen molar-refractivity contribution in [2.45, 2.75) is 52.1 Å². The monoisotopic (exact) mass is 290 g/mol. The maximum Gasteiger partial charge on any atom is 0.161 e. The van der Waals surface area contributed by atoms with Gasteiger partial charge in [-0.3, -0.25) is 5.41 Å². The second kappa shape index (κ2) is 7.34. The van der Waals surface area contributed by atoms with Gasteiger partial charge in [-0.2, -0.15) is 0 Å². The predicted octanol–water partition coefficient (Wildman–Crippen LogP) is 3.72. The van der Waals surface area contributed by atoms with E-state index in [1.54, 1.807) is 6.07 Å². The van der Waals surface area contributed by atoms with Crippen LogP contribution >= 0.6 is 0 Å². The lowest BCUT2D eigenvalue weighted by molar-refractivity contribution is 0.125. The highest BCUT2D eigenvalue weighted by molar-refractivity contribution is 5.95. The topological polar surface area (TPSA) is 68.3 Å². The number of ether oxygens (including phenoxy) is 2. The molecule has 2 rings (SSSR count). The van der Waals surface area contributed by atoms with Crippen LogP contribution in [0, 0.1) is 11.3 Å². The SMILES string of the molecule is CCOc1cc(C(=N)N)ccc1OC1CCC(CC)CC1. The number of hydrogen-bond donors (Lipinski definition) is 2. The average molecular weight is 290 g/mol. The normalized spacial score (nSPS) is 21.8. The number of hydrogen-bond acceptors (Lipinski definition) is 3. The molecule has 116 valence electrons. The standard InChI is InChI=1S/C17H26N2O2/c1-3-12-5-8-14(9-6-12)21-15-10-7-13(17(18)19)11-16(15)20-4-2/h7,10-12,14H,3-6,8-9H2,1-2H3,(H3,18,19). The van der Waals surface area contributed by atoms with Crippen molar-refractivity contribution in [1.29, 1.82) is 5.41 Å². The maximum atomic E-state index is 7.51. The summed E-state index contributed by atoms with van der Waals surface area (Å²) in [5.41, 5.74) is 6.20. The van der Waals surface area contributed by atoms with Crippen molar-refractivity contribution in [2.75, 3.05) is 6.61 Å². The van der Waals surface area contributed by atoms with Gasteiger partial charge < -0.3 is 15.2 Å². The summed E-state index contributed by atoms with van der Waals surface area (Å²) in [4.78, 5) is 0. The molecule has 3 N–H and O–H groups in total. The highest BCUT2D eigenvalue weighted by atomic mass is 16.5. The maximum absolute atomic E-state index is 7.51. The lowest BCUT2D eigenvalue weighted by Crippen LogP contribution is -2.24. The van der Waals surface area contributed by atoms with Gasteiger partial charge in [0.15, 0.2) is 11.5 Å². The molecule has 0 bridgehead atoms. The summed E-state index contributed by atoms with van der Waals surface area (Å²) in [6, 6.07) is 5.48. The van der Waals surface area contributed by atoms with Gasteiger partial charge in [-0.25, -0.2) is 0 Å². The van der Waals surface area contributed by atoms with Crippen molar-refractivity contribution < 1.29 is 9.47 Å². The number of amidine groups is 1. The summed E-state index contributed by atoms with van der Waals surface area (Å²) in [6.45, 7) is 4.77. The fourth-order valence-electron chi connectivity index (χ4n) is 2.88. The van der Waals surface area contributed by atoms with Crippen molar-refractivity contribution in [2.24, 2.45) is 11.7 Å². The molecule has 0 amide bonds. The molecule has 4 nitrogen and oxygen atoms in total. The summed E-state index contributed by atoms with van der Waals surface area (Å²) in [6.07, 6.45) is 6.25. The van der Waals surface area contributed by atoms with E-state index in [2.05, 4.69) is 6.92 Å². The van der Waals surface area contributed by atoms with Crippen LogP contribution in [0.2, 0.25) is 0 Å². The van der Waals surface area contributed by atoms with Gasteiger partial charge in [-0.1, -0.05) is 13.3 Å².